The van der Waals surface area contributed by atoms with Crippen molar-refractivity contribution in [3.63, 3.8) is 0 Å². The van der Waals surface area contributed by atoms with Crippen molar-refractivity contribution in [3.8, 4) is 0 Å². The first-order valence-electron chi connectivity index (χ1n) is 6.27. The zero-order valence-electron chi connectivity index (χ0n) is 12.6. The molecule has 0 saturated carbocycles. The Kier molecular flexibility index (Phi) is 6.52. The van der Waals surface area contributed by atoms with Crippen LogP contribution < -0.4 is 5.32 Å². The van der Waals surface area contributed by atoms with Crippen LogP contribution in [-0.2, 0) is 19.1 Å². The quantitative estimate of drug-likeness (QED) is 0.581. The van der Waals surface area contributed by atoms with Gasteiger partial charge in [0.05, 0.1) is 13.2 Å². The molecule has 110 valence electrons. The monoisotopic (exact) mass is 272 g/mol. The number of carbonyl (C=O) groups excluding carboxylic acids is 3. The minimum absolute atomic E-state index is 0.0820. The molecule has 0 aromatic carbocycles. The average molecular weight is 272 g/mol. The Morgan fingerprint density at radius 2 is 1.79 bits per heavy atom. The van der Waals surface area contributed by atoms with Crippen LogP contribution in [0.25, 0.3) is 0 Å². The molecular formula is C13H24N2O4. The van der Waals surface area contributed by atoms with Crippen LogP contribution >= 0.6 is 0 Å². The summed E-state index contributed by atoms with van der Waals surface area (Å²) < 4.78 is 4.95. The fourth-order valence-corrected chi connectivity index (χ4v) is 1.64. The summed E-state index contributed by atoms with van der Waals surface area (Å²) in [5.74, 6) is -2.16. The van der Waals surface area contributed by atoms with Crippen molar-refractivity contribution in [1.82, 2.24) is 10.2 Å². The highest BCUT2D eigenvalue weighted by Crippen LogP contribution is 2.28. The van der Waals surface area contributed by atoms with Crippen LogP contribution in [0.4, 0.5) is 0 Å². The lowest BCUT2D eigenvalue weighted by molar-refractivity contribution is -0.160. The predicted molar refractivity (Wildman–Crippen MR) is 71.3 cm³/mol. The van der Waals surface area contributed by atoms with Gasteiger partial charge in [-0.1, -0.05) is 20.8 Å². The Labute approximate surface area is 114 Å². The molecule has 6 heteroatoms. The number of amides is 2. The van der Waals surface area contributed by atoms with Crippen molar-refractivity contribution in [1.29, 1.82) is 0 Å². The van der Waals surface area contributed by atoms with Gasteiger partial charge in [-0.25, -0.2) is 0 Å². The van der Waals surface area contributed by atoms with Crippen molar-refractivity contribution in [2.24, 2.45) is 11.3 Å². The Morgan fingerprint density at radius 3 is 2.16 bits per heavy atom. The number of hydrogen-bond acceptors (Lipinski definition) is 4. The number of esters is 1. The van der Waals surface area contributed by atoms with Gasteiger partial charge in [-0.05, 0) is 12.3 Å². The molecule has 0 heterocycles. The molecule has 0 aromatic heterocycles. The van der Waals surface area contributed by atoms with Gasteiger partial charge in [0.15, 0.2) is 0 Å². The highest BCUT2D eigenvalue weighted by atomic mass is 16.5. The fraction of sp³-hybridized carbons (Fsp3) is 0.769. The van der Waals surface area contributed by atoms with Gasteiger partial charge < -0.3 is 15.0 Å². The van der Waals surface area contributed by atoms with E-state index >= 15 is 0 Å². The largest absolute Gasteiger partial charge is 0.465 e. The SMILES string of the molecule is CCOC(=O)C(C(=O)N(C)CC(=O)NC)C(C)(C)C. The van der Waals surface area contributed by atoms with E-state index < -0.39 is 23.2 Å². The second kappa shape index (κ2) is 7.11. The maximum Gasteiger partial charge on any atom is 0.319 e. The van der Waals surface area contributed by atoms with E-state index in [-0.39, 0.29) is 19.1 Å². The maximum absolute atomic E-state index is 12.3. The molecule has 0 aliphatic heterocycles. The van der Waals surface area contributed by atoms with Crippen molar-refractivity contribution in [2.45, 2.75) is 27.7 Å². The molecule has 1 atom stereocenters. The fourth-order valence-electron chi connectivity index (χ4n) is 1.64. The summed E-state index contributed by atoms with van der Waals surface area (Å²) in [4.78, 5) is 36.7. The van der Waals surface area contributed by atoms with Crippen molar-refractivity contribution in [3.05, 3.63) is 0 Å². The molecule has 0 aromatic rings. The van der Waals surface area contributed by atoms with Crippen LogP contribution in [0.15, 0.2) is 0 Å². The van der Waals surface area contributed by atoms with E-state index in [1.165, 1.54) is 19.0 Å². The number of likely N-dealkylation sites (N-methyl/N-ethyl adjacent to an activating group) is 2. The summed E-state index contributed by atoms with van der Waals surface area (Å²) in [5.41, 5.74) is -0.569. The molecule has 6 nitrogen and oxygen atoms in total. The zero-order valence-corrected chi connectivity index (χ0v) is 12.6. The van der Waals surface area contributed by atoms with E-state index in [0.29, 0.717) is 0 Å². The van der Waals surface area contributed by atoms with Crippen molar-refractivity contribution in [2.75, 3.05) is 27.2 Å². The molecule has 1 N–H and O–H groups in total. The molecule has 0 saturated heterocycles. The van der Waals surface area contributed by atoms with Crippen LogP contribution in [0.3, 0.4) is 0 Å². The standard InChI is InChI=1S/C13H24N2O4/c1-7-19-12(18)10(13(2,3)4)11(17)15(6)8-9(16)14-5/h10H,7-8H2,1-6H3,(H,14,16). The number of ether oxygens (including phenoxy) is 1. The van der Waals surface area contributed by atoms with E-state index in [4.69, 9.17) is 4.74 Å². The number of nitrogens with zero attached hydrogens (tertiary/aromatic N) is 1. The van der Waals surface area contributed by atoms with Gasteiger partial charge in [0.25, 0.3) is 0 Å². The minimum atomic E-state index is -0.915. The molecule has 0 spiro atoms. The summed E-state index contributed by atoms with van der Waals surface area (Å²) in [6.45, 7) is 7.20. The Balaban J connectivity index is 5.01. The number of hydrogen-bond donors (Lipinski definition) is 1. The number of rotatable bonds is 5. The molecule has 19 heavy (non-hydrogen) atoms. The normalized spacial score (nSPS) is 12.5. The van der Waals surface area contributed by atoms with Gasteiger partial charge in [0, 0.05) is 14.1 Å². The summed E-state index contributed by atoms with van der Waals surface area (Å²) >= 11 is 0. The molecule has 0 aliphatic carbocycles. The second-order valence-electron chi connectivity index (χ2n) is 5.42. The topological polar surface area (TPSA) is 75.7 Å². The summed E-state index contributed by atoms with van der Waals surface area (Å²) in [6.07, 6.45) is 0. The van der Waals surface area contributed by atoms with E-state index in [1.807, 2.05) is 0 Å². The van der Waals surface area contributed by atoms with Gasteiger partial charge in [0.2, 0.25) is 11.8 Å². The average Bonchev–Trinajstić information content (AvgIpc) is 2.27. The van der Waals surface area contributed by atoms with E-state index in [2.05, 4.69) is 5.32 Å². The third-order valence-corrected chi connectivity index (χ3v) is 2.67. The summed E-state index contributed by atoms with van der Waals surface area (Å²) in [5, 5.41) is 2.43. The lowest BCUT2D eigenvalue weighted by Gasteiger charge is -2.30. The third kappa shape index (κ3) is 5.28. The highest BCUT2D eigenvalue weighted by Gasteiger charge is 2.40. The number of carbonyl (C=O) groups is 3. The Morgan fingerprint density at radius 1 is 1.26 bits per heavy atom. The van der Waals surface area contributed by atoms with Gasteiger partial charge in [0.1, 0.15) is 5.92 Å². The van der Waals surface area contributed by atoms with Crippen LogP contribution in [-0.4, -0.2) is 49.9 Å². The van der Waals surface area contributed by atoms with Crippen LogP contribution in [0.5, 0.6) is 0 Å². The van der Waals surface area contributed by atoms with Crippen LogP contribution in [0, 0.1) is 11.3 Å². The van der Waals surface area contributed by atoms with E-state index in [1.54, 1.807) is 27.7 Å². The predicted octanol–water partition coefficient (Wildman–Crippen LogP) is 0.416. The molecule has 0 aliphatic rings. The molecular weight excluding hydrogens is 248 g/mol. The highest BCUT2D eigenvalue weighted by molar-refractivity contribution is 5.99. The maximum atomic E-state index is 12.3. The van der Waals surface area contributed by atoms with Gasteiger partial charge in [-0.15, -0.1) is 0 Å². The van der Waals surface area contributed by atoms with Crippen LogP contribution in [0.2, 0.25) is 0 Å². The van der Waals surface area contributed by atoms with Crippen molar-refractivity contribution >= 4 is 17.8 Å². The molecule has 0 bridgehead atoms. The van der Waals surface area contributed by atoms with Crippen LogP contribution in [0.1, 0.15) is 27.7 Å². The summed E-state index contributed by atoms with van der Waals surface area (Å²) in [7, 11) is 2.99. The molecule has 0 fully saturated rings. The smallest absolute Gasteiger partial charge is 0.319 e. The molecule has 1 unspecified atom stereocenters. The lowest BCUT2D eigenvalue weighted by atomic mass is 9.80. The van der Waals surface area contributed by atoms with Crippen molar-refractivity contribution < 1.29 is 19.1 Å². The lowest BCUT2D eigenvalue weighted by Crippen LogP contribution is -2.47. The van der Waals surface area contributed by atoms with Gasteiger partial charge >= 0.3 is 5.97 Å². The first kappa shape index (κ1) is 17.4. The van der Waals surface area contributed by atoms with E-state index in [9.17, 15) is 14.4 Å². The zero-order chi connectivity index (χ0) is 15.2. The van der Waals surface area contributed by atoms with Gasteiger partial charge in [-0.2, -0.15) is 0 Å². The third-order valence-electron chi connectivity index (χ3n) is 2.67. The Hall–Kier alpha value is -1.59. The van der Waals surface area contributed by atoms with E-state index in [0.717, 1.165) is 0 Å². The number of nitrogens with one attached hydrogen (secondary N) is 1. The molecule has 0 rings (SSSR count). The second-order valence-corrected chi connectivity index (χ2v) is 5.42. The molecule has 2 amide bonds. The first-order chi connectivity index (χ1) is 8.65. The van der Waals surface area contributed by atoms with Gasteiger partial charge in [-0.3, -0.25) is 14.4 Å². The minimum Gasteiger partial charge on any atom is -0.465 e. The molecule has 0 radical (unpaired) electrons. The Bertz CT molecular complexity index is 347. The first-order valence-corrected chi connectivity index (χ1v) is 6.27. The summed E-state index contributed by atoms with van der Waals surface area (Å²) in [6, 6.07) is 0.